The van der Waals surface area contributed by atoms with E-state index in [1.54, 1.807) is 27.7 Å². The molecule has 0 radical (unpaired) electrons. The Morgan fingerprint density at radius 1 is 0.964 bits per heavy atom. The third-order valence-electron chi connectivity index (χ3n) is 4.72. The van der Waals surface area contributed by atoms with Crippen LogP contribution >= 0.6 is 0 Å². The zero-order chi connectivity index (χ0) is 19.7. The third-order valence-corrected chi connectivity index (χ3v) is 4.72. The summed E-state index contributed by atoms with van der Waals surface area (Å²) in [5.74, 6) is 2.55. The number of aromatic nitrogens is 3. The van der Waals surface area contributed by atoms with Crippen molar-refractivity contribution >= 4 is 27.8 Å². The molecule has 28 heavy (non-hydrogen) atoms. The Kier molecular flexibility index (Phi) is 4.65. The van der Waals surface area contributed by atoms with Crippen molar-refractivity contribution in [1.29, 1.82) is 0 Å². The van der Waals surface area contributed by atoms with Crippen molar-refractivity contribution in [2.24, 2.45) is 0 Å². The molecule has 0 saturated carbocycles. The molecule has 0 spiro atoms. The number of aryl methyl sites for hydroxylation is 1. The highest BCUT2D eigenvalue weighted by atomic mass is 16.5. The van der Waals surface area contributed by atoms with Crippen LogP contribution in [0, 0.1) is 6.92 Å². The first kappa shape index (κ1) is 17.9. The van der Waals surface area contributed by atoms with Crippen molar-refractivity contribution in [3.63, 3.8) is 0 Å². The van der Waals surface area contributed by atoms with Crippen molar-refractivity contribution in [1.82, 2.24) is 15.0 Å². The van der Waals surface area contributed by atoms with Gasteiger partial charge in [-0.2, -0.15) is 0 Å². The number of nitrogens with zero attached hydrogens (tertiary/aromatic N) is 2. The number of anilines is 1. The molecule has 4 rings (SSSR count). The summed E-state index contributed by atoms with van der Waals surface area (Å²) >= 11 is 0. The van der Waals surface area contributed by atoms with Gasteiger partial charge in [-0.3, -0.25) is 0 Å². The Morgan fingerprint density at radius 2 is 1.71 bits per heavy atom. The number of methoxy groups -OCH3 is 3. The normalized spacial score (nSPS) is 11.0. The Balaban J connectivity index is 1.69. The van der Waals surface area contributed by atoms with Crippen LogP contribution in [0.5, 0.6) is 17.2 Å². The monoisotopic (exact) mass is 378 g/mol. The lowest BCUT2D eigenvalue weighted by Gasteiger charge is -2.14. The van der Waals surface area contributed by atoms with E-state index in [1.165, 1.54) is 5.56 Å². The molecule has 2 aromatic carbocycles. The maximum absolute atomic E-state index is 5.43. The van der Waals surface area contributed by atoms with Crippen molar-refractivity contribution in [2.45, 2.75) is 13.5 Å². The van der Waals surface area contributed by atoms with E-state index < -0.39 is 0 Å². The van der Waals surface area contributed by atoms with Crippen LogP contribution in [-0.2, 0) is 6.54 Å². The minimum absolute atomic E-state index is 0.539. The zero-order valence-corrected chi connectivity index (χ0v) is 16.3. The molecule has 7 nitrogen and oxygen atoms in total. The molecule has 7 heteroatoms. The summed E-state index contributed by atoms with van der Waals surface area (Å²) in [6, 6.07) is 10.1. The van der Waals surface area contributed by atoms with E-state index in [0.717, 1.165) is 33.3 Å². The number of hydrogen-bond donors (Lipinski definition) is 2. The standard InChI is InChI=1S/C21H22N4O3/c1-12-5-6-15-14(7-12)18-19(25-15)21(24-11-23-18)22-10-13-8-16(26-2)20(28-4)17(9-13)27-3/h5-9,11,25H,10H2,1-4H3,(H,22,23,24). The van der Waals surface area contributed by atoms with E-state index in [4.69, 9.17) is 14.2 Å². The van der Waals surface area contributed by atoms with Gasteiger partial charge in [-0.1, -0.05) is 11.6 Å². The Labute approximate surface area is 162 Å². The molecule has 0 unspecified atom stereocenters. The van der Waals surface area contributed by atoms with Gasteiger partial charge in [0.1, 0.15) is 17.4 Å². The van der Waals surface area contributed by atoms with Crippen LogP contribution in [0.15, 0.2) is 36.7 Å². The molecule has 2 aromatic heterocycles. The third kappa shape index (κ3) is 3.05. The molecule has 144 valence electrons. The summed E-state index contributed by atoms with van der Waals surface area (Å²) in [5.41, 5.74) is 5.00. The predicted octanol–water partition coefficient (Wildman–Crippen LogP) is 4.06. The molecule has 0 atom stereocenters. The number of H-pyrrole nitrogens is 1. The van der Waals surface area contributed by atoms with Crippen molar-refractivity contribution < 1.29 is 14.2 Å². The topological polar surface area (TPSA) is 81.3 Å². The molecule has 0 aliphatic heterocycles. The molecule has 0 bridgehead atoms. The SMILES string of the molecule is COc1cc(CNc2ncnc3c2[nH]c2ccc(C)cc23)cc(OC)c1OC. The first-order chi connectivity index (χ1) is 13.6. The van der Waals surface area contributed by atoms with Gasteiger partial charge in [0.05, 0.1) is 21.3 Å². The first-order valence-electron chi connectivity index (χ1n) is 8.90. The van der Waals surface area contributed by atoms with Crippen molar-refractivity contribution in [3.05, 3.63) is 47.8 Å². The second-order valence-electron chi connectivity index (χ2n) is 6.51. The van der Waals surface area contributed by atoms with E-state index in [2.05, 4.69) is 45.4 Å². The van der Waals surface area contributed by atoms with E-state index in [1.807, 2.05) is 12.1 Å². The van der Waals surface area contributed by atoms with Gasteiger partial charge in [0.25, 0.3) is 0 Å². The highest BCUT2D eigenvalue weighted by molar-refractivity contribution is 6.08. The molecule has 2 N–H and O–H groups in total. The lowest BCUT2D eigenvalue weighted by Crippen LogP contribution is -2.04. The van der Waals surface area contributed by atoms with Crippen LogP contribution < -0.4 is 19.5 Å². The Morgan fingerprint density at radius 3 is 2.39 bits per heavy atom. The summed E-state index contributed by atoms with van der Waals surface area (Å²) in [6.07, 6.45) is 1.58. The minimum atomic E-state index is 0.539. The van der Waals surface area contributed by atoms with Gasteiger partial charge < -0.3 is 24.5 Å². The largest absolute Gasteiger partial charge is 0.493 e. The van der Waals surface area contributed by atoms with Gasteiger partial charge >= 0.3 is 0 Å². The molecule has 0 aliphatic carbocycles. The van der Waals surface area contributed by atoms with Gasteiger partial charge in [0, 0.05) is 17.4 Å². The first-order valence-corrected chi connectivity index (χ1v) is 8.90. The lowest BCUT2D eigenvalue weighted by molar-refractivity contribution is 0.324. The average Bonchev–Trinajstić information content (AvgIpc) is 3.09. The number of aromatic amines is 1. The Hall–Kier alpha value is -3.48. The van der Waals surface area contributed by atoms with Crippen LogP contribution in [0.2, 0.25) is 0 Å². The van der Waals surface area contributed by atoms with Crippen LogP contribution in [0.4, 0.5) is 5.82 Å². The molecule has 2 heterocycles. The van der Waals surface area contributed by atoms with Crippen LogP contribution in [0.1, 0.15) is 11.1 Å². The van der Waals surface area contributed by atoms with Gasteiger partial charge in [-0.25, -0.2) is 9.97 Å². The fraction of sp³-hybridized carbons (Fsp3) is 0.238. The van der Waals surface area contributed by atoms with Crippen LogP contribution in [-0.4, -0.2) is 36.3 Å². The smallest absolute Gasteiger partial charge is 0.203 e. The average molecular weight is 378 g/mol. The molecular formula is C21H22N4O3. The molecule has 0 aliphatic rings. The summed E-state index contributed by atoms with van der Waals surface area (Å²) in [5, 5.41) is 4.48. The molecule has 4 aromatic rings. The van der Waals surface area contributed by atoms with E-state index in [9.17, 15) is 0 Å². The molecular weight excluding hydrogens is 356 g/mol. The number of benzene rings is 2. The summed E-state index contributed by atoms with van der Waals surface area (Å²) < 4.78 is 16.2. The van der Waals surface area contributed by atoms with Crippen molar-refractivity contribution in [2.75, 3.05) is 26.6 Å². The second-order valence-corrected chi connectivity index (χ2v) is 6.51. The fourth-order valence-corrected chi connectivity index (χ4v) is 3.36. The van der Waals surface area contributed by atoms with Gasteiger partial charge in [-0.15, -0.1) is 0 Å². The minimum Gasteiger partial charge on any atom is -0.493 e. The predicted molar refractivity (Wildman–Crippen MR) is 110 cm³/mol. The second kappa shape index (κ2) is 7.26. The highest BCUT2D eigenvalue weighted by Gasteiger charge is 2.14. The zero-order valence-electron chi connectivity index (χ0n) is 16.3. The highest BCUT2D eigenvalue weighted by Crippen LogP contribution is 2.38. The number of hydrogen-bond acceptors (Lipinski definition) is 6. The fourth-order valence-electron chi connectivity index (χ4n) is 3.36. The molecule has 0 amide bonds. The van der Waals surface area contributed by atoms with E-state index in [0.29, 0.717) is 23.8 Å². The maximum atomic E-state index is 5.43. The van der Waals surface area contributed by atoms with Gasteiger partial charge in [0.2, 0.25) is 5.75 Å². The number of nitrogens with one attached hydrogen (secondary N) is 2. The number of ether oxygens (including phenoxy) is 3. The molecule has 0 fully saturated rings. The summed E-state index contributed by atoms with van der Waals surface area (Å²) in [4.78, 5) is 12.3. The van der Waals surface area contributed by atoms with Gasteiger partial charge in [0.15, 0.2) is 17.3 Å². The number of rotatable bonds is 6. The summed E-state index contributed by atoms with van der Waals surface area (Å²) in [7, 11) is 4.80. The summed E-state index contributed by atoms with van der Waals surface area (Å²) in [6.45, 7) is 2.61. The lowest BCUT2D eigenvalue weighted by atomic mass is 10.1. The quantitative estimate of drug-likeness (QED) is 0.527. The van der Waals surface area contributed by atoms with Gasteiger partial charge in [-0.05, 0) is 36.8 Å². The Bertz CT molecular complexity index is 1130. The number of fused-ring (bicyclic) bond motifs is 3. The van der Waals surface area contributed by atoms with Crippen molar-refractivity contribution in [3.8, 4) is 17.2 Å². The van der Waals surface area contributed by atoms with E-state index >= 15 is 0 Å². The van der Waals surface area contributed by atoms with Crippen LogP contribution in [0.25, 0.3) is 21.9 Å². The van der Waals surface area contributed by atoms with Crippen LogP contribution in [0.3, 0.4) is 0 Å². The molecule has 0 saturated heterocycles. The maximum Gasteiger partial charge on any atom is 0.203 e. The van der Waals surface area contributed by atoms with E-state index in [-0.39, 0.29) is 0 Å².